The van der Waals surface area contributed by atoms with Crippen LogP contribution in [0.4, 0.5) is 22.7 Å². The highest BCUT2D eigenvalue weighted by atomic mass is 16.2. The molecule has 1 aliphatic rings. The lowest BCUT2D eigenvalue weighted by Crippen LogP contribution is -2.41. The van der Waals surface area contributed by atoms with Crippen LogP contribution in [-0.2, 0) is 4.79 Å². The summed E-state index contributed by atoms with van der Waals surface area (Å²) < 4.78 is 0. The van der Waals surface area contributed by atoms with E-state index >= 15 is 0 Å². The molecule has 1 heterocycles. The highest BCUT2D eigenvalue weighted by molar-refractivity contribution is 6.08. The first kappa shape index (κ1) is 11.6. The Hall–Kier alpha value is -2.49. The summed E-state index contributed by atoms with van der Waals surface area (Å²) >= 11 is 0. The van der Waals surface area contributed by atoms with Crippen LogP contribution in [0.5, 0.6) is 0 Å². The minimum atomic E-state index is 0.0611. The number of nitrogen functional groups attached to an aromatic ring is 1. The third kappa shape index (κ3) is 1.91. The van der Waals surface area contributed by atoms with E-state index < -0.39 is 0 Å². The van der Waals surface area contributed by atoms with Gasteiger partial charge in [-0.3, -0.25) is 9.69 Å². The Balaban J connectivity index is 2.12. The predicted molar refractivity (Wildman–Crippen MR) is 77.7 cm³/mol. The second kappa shape index (κ2) is 4.31. The molecule has 4 heteroatoms. The summed E-state index contributed by atoms with van der Waals surface area (Å²) in [6.45, 7) is 0.376. The average molecular weight is 253 g/mol. The molecular formula is C15H15N3O. The van der Waals surface area contributed by atoms with Gasteiger partial charge in [0.15, 0.2) is 0 Å². The Morgan fingerprint density at radius 1 is 1.00 bits per heavy atom. The number of benzene rings is 2. The molecule has 2 aromatic rings. The molecule has 1 aliphatic heterocycles. The van der Waals surface area contributed by atoms with E-state index in [9.17, 15) is 4.79 Å². The number of nitrogens with zero attached hydrogens (tertiary/aromatic N) is 2. The SMILES string of the molecule is CN1CC(=O)N(c2ccc(N)cc2)c2ccccc21. The van der Waals surface area contributed by atoms with Crippen LogP contribution in [0.2, 0.25) is 0 Å². The van der Waals surface area contributed by atoms with Crippen molar-refractivity contribution in [1.82, 2.24) is 0 Å². The number of para-hydroxylation sites is 2. The fourth-order valence-electron chi connectivity index (χ4n) is 2.38. The van der Waals surface area contributed by atoms with Crippen molar-refractivity contribution in [3.8, 4) is 0 Å². The van der Waals surface area contributed by atoms with Gasteiger partial charge in [0, 0.05) is 18.4 Å². The van der Waals surface area contributed by atoms with E-state index in [-0.39, 0.29) is 5.91 Å². The van der Waals surface area contributed by atoms with Gasteiger partial charge in [0.05, 0.1) is 17.9 Å². The highest BCUT2D eigenvalue weighted by Crippen LogP contribution is 2.37. The third-order valence-corrected chi connectivity index (χ3v) is 3.31. The summed E-state index contributed by atoms with van der Waals surface area (Å²) in [6.07, 6.45) is 0. The molecule has 0 bridgehead atoms. The van der Waals surface area contributed by atoms with E-state index in [1.54, 1.807) is 4.90 Å². The molecule has 0 spiro atoms. The molecule has 0 saturated carbocycles. The van der Waals surface area contributed by atoms with Crippen LogP contribution < -0.4 is 15.5 Å². The van der Waals surface area contributed by atoms with Gasteiger partial charge in [-0.25, -0.2) is 0 Å². The number of hydrogen-bond acceptors (Lipinski definition) is 3. The second-order valence-electron chi connectivity index (χ2n) is 4.67. The molecule has 0 saturated heterocycles. The summed E-state index contributed by atoms with van der Waals surface area (Å²) in [5.74, 6) is 0.0611. The van der Waals surface area contributed by atoms with Gasteiger partial charge in [-0.1, -0.05) is 12.1 Å². The molecule has 19 heavy (non-hydrogen) atoms. The molecule has 0 aliphatic carbocycles. The molecule has 0 radical (unpaired) electrons. The Morgan fingerprint density at radius 3 is 2.32 bits per heavy atom. The Bertz CT molecular complexity index is 622. The zero-order valence-corrected chi connectivity index (χ0v) is 10.7. The summed E-state index contributed by atoms with van der Waals surface area (Å²) in [4.78, 5) is 16.0. The largest absolute Gasteiger partial charge is 0.399 e. The highest BCUT2D eigenvalue weighted by Gasteiger charge is 2.27. The molecule has 2 aromatic carbocycles. The Morgan fingerprint density at radius 2 is 1.63 bits per heavy atom. The molecule has 1 amide bonds. The van der Waals surface area contributed by atoms with Crippen LogP contribution in [0.15, 0.2) is 48.5 Å². The summed E-state index contributed by atoms with van der Waals surface area (Å²) in [6, 6.07) is 15.3. The van der Waals surface area contributed by atoms with Gasteiger partial charge in [-0.05, 0) is 36.4 Å². The smallest absolute Gasteiger partial charge is 0.251 e. The molecule has 96 valence electrons. The first-order valence-corrected chi connectivity index (χ1v) is 6.15. The quantitative estimate of drug-likeness (QED) is 0.794. The van der Waals surface area contributed by atoms with Crippen molar-refractivity contribution < 1.29 is 4.79 Å². The molecule has 0 atom stereocenters. The van der Waals surface area contributed by atoms with Gasteiger partial charge in [0.25, 0.3) is 5.91 Å². The van der Waals surface area contributed by atoms with E-state index in [1.807, 2.05) is 60.5 Å². The lowest BCUT2D eigenvalue weighted by Gasteiger charge is -2.35. The molecule has 0 unspecified atom stereocenters. The van der Waals surface area contributed by atoms with Gasteiger partial charge in [-0.15, -0.1) is 0 Å². The number of amides is 1. The standard InChI is InChI=1S/C15H15N3O/c1-17-10-15(19)18(12-8-6-11(16)7-9-12)14-5-3-2-4-13(14)17/h2-9H,10,16H2,1H3. The van der Waals surface area contributed by atoms with Crippen LogP contribution in [0.25, 0.3) is 0 Å². The van der Waals surface area contributed by atoms with Gasteiger partial charge in [-0.2, -0.15) is 0 Å². The average Bonchev–Trinajstić information content (AvgIpc) is 2.41. The maximum absolute atomic E-state index is 12.3. The van der Waals surface area contributed by atoms with Gasteiger partial charge in [0.1, 0.15) is 0 Å². The lowest BCUT2D eigenvalue weighted by molar-refractivity contribution is -0.116. The van der Waals surface area contributed by atoms with Crippen molar-refractivity contribution in [3.05, 3.63) is 48.5 Å². The Labute approximate surface area is 112 Å². The number of hydrogen-bond donors (Lipinski definition) is 1. The van der Waals surface area contributed by atoms with Gasteiger partial charge in [0.2, 0.25) is 0 Å². The van der Waals surface area contributed by atoms with Crippen molar-refractivity contribution in [3.63, 3.8) is 0 Å². The normalized spacial score (nSPS) is 14.5. The lowest BCUT2D eigenvalue weighted by atomic mass is 10.1. The van der Waals surface area contributed by atoms with Crippen molar-refractivity contribution in [2.45, 2.75) is 0 Å². The molecule has 4 nitrogen and oxygen atoms in total. The monoisotopic (exact) mass is 253 g/mol. The van der Waals surface area contributed by atoms with Gasteiger partial charge >= 0.3 is 0 Å². The Kier molecular flexibility index (Phi) is 2.63. The van der Waals surface area contributed by atoms with Crippen molar-refractivity contribution in [2.24, 2.45) is 0 Å². The van der Waals surface area contributed by atoms with Gasteiger partial charge < -0.3 is 10.6 Å². The van der Waals surface area contributed by atoms with E-state index in [4.69, 9.17) is 5.73 Å². The minimum Gasteiger partial charge on any atom is -0.399 e. The maximum Gasteiger partial charge on any atom is 0.251 e. The zero-order chi connectivity index (χ0) is 13.4. The van der Waals surface area contributed by atoms with E-state index in [2.05, 4.69) is 0 Å². The fraction of sp³-hybridized carbons (Fsp3) is 0.133. The number of rotatable bonds is 1. The molecule has 0 fully saturated rings. The molecule has 0 aromatic heterocycles. The van der Waals surface area contributed by atoms with Crippen LogP contribution in [0.1, 0.15) is 0 Å². The number of nitrogens with two attached hydrogens (primary N) is 1. The predicted octanol–water partition coefficient (Wildman–Crippen LogP) is 2.38. The third-order valence-electron chi connectivity index (χ3n) is 3.31. The van der Waals surface area contributed by atoms with Crippen molar-refractivity contribution >= 4 is 28.7 Å². The number of anilines is 4. The van der Waals surface area contributed by atoms with Crippen molar-refractivity contribution in [2.75, 3.05) is 29.1 Å². The summed E-state index contributed by atoms with van der Waals surface area (Å²) in [5.41, 5.74) is 9.20. The van der Waals surface area contributed by atoms with Crippen molar-refractivity contribution in [1.29, 1.82) is 0 Å². The molecule has 2 N–H and O–H groups in total. The number of carbonyl (C=O) groups excluding carboxylic acids is 1. The van der Waals surface area contributed by atoms with Crippen LogP contribution in [0.3, 0.4) is 0 Å². The van der Waals surface area contributed by atoms with Crippen LogP contribution in [0, 0.1) is 0 Å². The molecular weight excluding hydrogens is 238 g/mol. The minimum absolute atomic E-state index is 0.0611. The first-order valence-electron chi connectivity index (χ1n) is 6.15. The first-order chi connectivity index (χ1) is 9.16. The molecule has 3 rings (SSSR count). The van der Waals surface area contributed by atoms with E-state index in [0.29, 0.717) is 12.2 Å². The summed E-state index contributed by atoms with van der Waals surface area (Å²) in [5, 5.41) is 0. The topological polar surface area (TPSA) is 49.6 Å². The van der Waals surface area contributed by atoms with E-state index in [0.717, 1.165) is 17.1 Å². The van der Waals surface area contributed by atoms with Crippen LogP contribution >= 0.6 is 0 Å². The van der Waals surface area contributed by atoms with E-state index in [1.165, 1.54) is 0 Å². The second-order valence-corrected chi connectivity index (χ2v) is 4.67. The zero-order valence-electron chi connectivity index (χ0n) is 10.7. The maximum atomic E-state index is 12.3. The number of fused-ring (bicyclic) bond motifs is 1. The number of carbonyl (C=O) groups is 1. The van der Waals surface area contributed by atoms with Crippen LogP contribution in [-0.4, -0.2) is 19.5 Å². The summed E-state index contributed by atoms with van der Waals surface area (Å²) in [7, 11) is 1.93. The number of likely N-dealkylation sites (N-methyl/N-ethyl adjacent to an activating group) is 1. The fourth-order valence-corrected chi connectivity index (χ4v) is 2.38.